The Hall–Kier alpha value is -1.82. The van der Waals surface area contributed by atoms with Gasteiger partial charge < -0.3 is 5.32 Å². The molecule has 86 valence electrons. The lowest BCUT2D eigenvalue weighted by Gasteiger charge is -2.03. The lowest BCUT2D eigenvalue weighted by molar-refractivity contribution is 0.102. The van der Waals surface area contributed by atoms with Crippen LogP contribution in [0.5, 0.6) is 0 Å². The molecule has 0 aliphatic heterocycles. The molecule has 0 unspecified atom stereocenters. The predicted molar refractivity (Wildman–Crippen MR) is 64.1 cm³/mol. The minimum absolute atomic E-state index is 0.0212. The van der Waals surface area contributed by atoms with Gasteiger partial charge in [-0.2, -0.15) is 4.39 Å². The van der Waals surface area contributed by atoms with Crippen LogP contribution in [0, 0.1) is 5.95 Å². The second-order valence-electron chi connectivity index (χ2n) is 3.17. The smallest absolute Gasteiger partial charge is 0.274 e. The molecule has 0 saturated heterocycles. The van der Waals surface area contributed by atoms with Crippen molar-refractivity contribution in [3.05, 3.63) is 52.8 Å². The molecule has 0 aliphatic carbocycles. The molecule has 1 N–H and O–H groups in total. The Labute approximate surface area is 105 Å². The van der Waals surface area contributed by atoms with Crippen molar-refractivity contribution in [3.63, 3.8) is 0 Å². The van der Waals surface area contributed by atoms with Gasteiger partial charge in [0.2, 0.25) is 5.95 Å². The van der Waals surface area contributed by atoms with Gasteiger partial charge in [0, 0.05) is 0 Å². The van der Waals surface area contributed by atoms with Gasteiger partial charge in [-0.25, -0.2) is 9.97 Å². The quantitative estimate of drug-likeness (QED) is 0.867. The SMILES string of the molecule is O=C(Nc1ccc(Br)nc1)c1cccc(F)n1. The first-order valence-corrected chi connectivity index (χ1v) is 5.50. The molecule has 6 heteroatoms. The predicted octanol–water partition coefficient (Wildman–Crippen LogP) is 2.63. The number of halogens is 2. The van der Waals surface area contributed by atoms with Crippen LogP contribution in [0.3, 0.4) is 0 Å². The molecule has 0 fully saturated rings. The van der Waals surface area contributed by atoms with Crippen LogP contribution in [0.4, 0.5) is 10.1 Å². The van der Waals surface area contributed by atoms with Crippen molar-refractivity contribution in [1.82, 2.24) is 9.97 Å². The number of nitrogens with zero attached hydrogens (tertiary/aromatic N) is 2. The molecule has 2 aromatic heterocycles. The van der Waals surface area contributed by atoms with E-state index in [4.69, 9.17) is 0 Å². The second kappa shape index (κ2) is 5.01. The van der Waals surface area contributed by atoms with Gasteiger partial charge in [-0.1, -0.05) is 6.07 Å². The Balaban J connectivity index is 2.14. The van der Waals surface area contributed by atoms with E-state index in [0.717, 1.165) is 0 Å². The fourth-order valence-corrected chi connectivity index (χ4v) is 1.41. The first-order valence-electron chi connectivity index (χ1n) is 4.70. The third kappa shape index (κ3) is 3.07. The number of anilines is 1. The highest BCUT2D eigenvalue weighted by Crippen LogP contribution is 2.11. The van der Waals surface area contributed by atoms with Crippen molar-refractivity contribution in [2.45, 2.75) is 0 Å². The van der Waals surface area contributed by atoms with Crippen LogP contribution < -0.4 is 5.32 Å². The van der Waals surface area contributed by atoms with E-state index >= 15 is 0 Å². The summed E-state index contributed by atoms with van der Waals surface area (Å²) in [6, 6.07) is 7.41. The highest BCUT2D eigenvalue weighted by Gasteiger charge is 2.08. The average molecular weight is 296 g/mol. The molecular formula is C11H7BrFN3O. The van der Waals surface area contributed by atoms with E-state index in [1.165, 1.54) is 24.4 Å². The number of hydrogen-bond donors (Lipinski definition) is 1. The maximum Gasteiger partial charge on any atom is 0.274 e. The maximum absolute atomic E-state index is 12.8. The van der Waals surface area contributed by atoms with Gasteiger partial charge in [0.1, 0.15) is 10.3 Å². The van der Waals surface area contributed by atoms with Crippen molar-refractivity contribution in [2.24, 2.45) is 0 Å². The fourth-order valence-electron chi connectivity index (χ4n) is 1.18. The van der Waals surface area contributed by atoms with Crippen LogP contribution in [-0.4, -0.2) is 15.9 Å². The van der Waals surface area contributed by atoms with Gasteiger partial charge in [0.25, 0.3) is 5.91 Å². The summed E-state index contributed by atoms with van der Waals surface area (Å²) in [5.74, 6) is -1.17. The average Bonchev–Trinajstić information content (AvgIpc) is 2.32. The Morgan fingerprint density at radius 3 is 2.76 bits per heavy atom. The van der Waals surface area contributed by atoms with Crippen LogP contribution in [0.15, 0.2) is 41.1 Å². The standard InChI is InChI=1S/C11H7BrFN3O/c12-9-5-4-7(6-14-9)15-11(17)8-2-1-3-10(13)16-8/h1-6H,(H,15,17). The van der Waals surface area contributed by atoms with Gasteiger partial charge in [0.05, 0.1) is 11.9 Å². The molecule has 2 heterocycles. The first-order chi connectivity index (χ1) is 8.15. The van der Waals surface area contributed by atoms with Crippen LogP contribution in [0.1, 0.15) is 10.5 Å². The number of nitrogens with one attached hydrogen (secondary N) is 1. The Kier molecular flexibility index (Phi) is 3.43. The lowest BCUT2D eigenvalue weighted by Crippen LogP contribution is -2.14. The summed E-state index contributed by atoms with van der Waals surface area (Å²) < 4.78 is 13.5. The maximum atomic E-state index is 12.8. The molecular weight excluding hydrogens is 289 g/mol. The van der Waals surface area contributed by atoms with Crippen LogP contribution in [0.2, 0.25) is 0 Å². The lowest BCUT2D eigenvalue weighted by atomic mass is 10.3. The molecule has 17 heavy (non-hydrogen) atoms. The molecule has 0 aromatic carbocycles. The number of carbonyl (C=O) groups excluding carboxylic acids is 1. The van der Waals surface area contributed by atoms with Crippen LogP contribution in [0.25, 0.3) is 0 Å². The summed E-state index contributed by atoms with van der Waals surface area (Å²) in [6.45, 7) is 0. The number of rotatable bonds is 2. The molecule has 1 amide bonds. The van der Waals surface area contributed by atoms with Gasteiger partial charge >= 0.3 is 0 Å². The number of amides is 1. The molecule has 0 radical (unpaired) electrons. The largest absolute Gasteiger partial charge is 0.319 e. The van der Waals surface area contributed by atoms with Crippen LogP contribution in [-0.2, 0) is 0 Å². The van der Waals surface area contributed by atoms with E-state index in [-0.39, 0.29) is 5.69 Å². The van der Waals surface area contributed by atoms with Gasteiger partial charge in [0.15, 0.2) is 0 Å². The third-order valence-electron chi connectivity index (χ3n) is 1.93. The van der Waals surface area contributed by atoms with E-state index in [2.05, 4.69) is 31.2 Å². The molecule has 0 spiro atoms. The highest BCUT2D eigenvalue weighted by atomic mass is 79.9. The Bertz CT molecular complexity index is 545. The highest BCUT2D eigenvalue weighted by molar-refractivity contribution is 9.10. The molecule has 4 nitrogen and oxygen atoms in total. The molecule has 0 aliphatic rings. The summed E-state index contributed by atoms with van der Waals surface area (Å²) in [7, 11) is 0. The minimum atomic E-state index is -0.688. The normalized spacial score (nSPS) is 10.0. The second-order valence-corrected chi connectivity index (χ2v) is 3.98. The van der Waals surface area contributed by atoms with Crippen molar-refractivity contribution in [2.75, 3.05) is 5.32 Å². The zero-order chi connectivity index (χ0) is 12.3. The van der Waals surface area contributed by atoms with Crippen molar-refractivity contribution in [3.8, 4) is 0 Å². The summed E-state index contributed by atoms with van der Waals surface area (Å²) in [4.78, 5) is 19.1. The number of pyridine rings is 2. The van der Waals surface area contributed by atoms with Gasteiger partial charge in [-0.3, -0.25) is 4.79 Å². The molecule has 0 atom stereocenters. The Morgan fingerprint density at radius 1 is 1.29 bits per heavy atom. The van der Waals surface area contributed by atoms with Crippen molar-refractivity contribution < 1.29 is 9.18 Å². The summed E-state index contributed by atoms with van der Waals surface area (Å²) in [5.41, 5.74) is 0.539. The van der Waals surface area contributed by atoms with E-state index < -0.39 is 11.9 Å². The number of aromatic nitrogens is 2. The number of hydrogen-bond acceptors (Lipinski definition) is 3. The zero-order valence-electron chi connectivity index (χ0n) is 8.52. The van der Waals surface area contributed by atoms with Crippen molar-refractivity contribution in [1.29, 1.82) is 0 Å². The summed E-state index contributed by atoms with van der Waals surface area (Å²) in [6.07, 6.45) is 1.49. The zero-order valence-corrected chi connectivity index (χ0v) is 10.1. The summed E-state index contributed by atoms with van der Waals surface area (Å²) >= 11 is 3.18. The van der Waals surface area contributed by atoms with Crippen molar-refractivity contribution >= 4 is 27.5 Å². The minimum Gasteiger partial charge on any atom is -0.319 e. The third-order valence-corrected chi connectivity index (χ3v) is 2.40. The van der Waals surface area contributed by atoms with E-state index in [0.29, 0.717) is 10.3 Å². The molecule has 0 bridgehead atoms. The van der Waals surface area contributed by atoms with E-state index in [1.54, 1.807) is 12.1 Å². The van der Waals surface area contributed by atoms with Gasteiger partial charge in [-0.05, 0) is 40.2 Å². The Morgan fingerprint density at radius 2 is 2.12 bits per heavy atom. The number of carbonyl (C=O) groups is 1. The fraction of sp³-hybridized carbons (Fsp3) is 0. The first kappa shape index (κ1) is 11.7. The topological polar surface area (TPSA) is 54.9 Å². The van der Waals surface area contributed by atoms with E-state index in [1.807, 2.05) is 0 Å². The molecule has 2 aromatic rings. The molecule has 0 saturated carbocycles. The van der Waals surface area contributed by atoms with E-state index in [9.17, 15) is 9.18 Å². The molecule has 2 rings (SSSR count). The summed E-state index contributed by atoms with van der Waals surface area (Å²) in [5, 5.41) is 2.56. The van der Waals surface area contributed by atoms with Gasteiger partial charge in [-0.15, -0.1) is 0 Å². The van der Waals surface area contributed by atoms with Crippen LogP contribution >= 0.6 is 15.9 Å². The monoisotopic (exact) mass is 295 g/mol.